The zero-order valence-electron chi connectivity index (χ0n) is 13.3. The Kier molecular flexibility index (Phi) is 4.40. The summed E-state index contributed by atoms with van der Waals surface area (Å²) in [6.45, 7) is 10.4. The van der Waals surface area contributed by atoms with E-state index in [0.717, 1.165) is 25.2 Å². The first kappa shape index (κ1) is 15.3. The molecule has 1 aliphatic carbocycles. The zero-order chi connectivity index (χ0) is 15.0. The molecule has 0 aromatic heterocycles. The molecule has 2 fully saturated rings. The molecular formula is C16H28N2O2. The van der Waals surface area contributed by atoms with Crippen LogP contribution in [-0.4, -0.2) is 34.8 Å². The van der Waals surface area contributed by atoms with Crippen LogP contribution in [0.25, 0.3) is 0 Å². The van der Waals surface area contributed by atoms with Gasteiger partial charge in [-0.2, -0.15) is 0 Å². The van der Waals surface area contributed by atoms with Crippen molar-refractivity contribution in [2.75, 3.05) is 0 Å². The molecule has 0 radical (unpaired) electrons. The maximum atomic E-state index is 12.7. The number of carbonyl (C=O) groups is 2. The Balaban J connectivity index is 2.19. The molecule has 1 N–H and O–H groups in total. The summed E-state index contributed by atoms with van der Waals surface area (Å²) in [5.74, 6) is 1.59. The first-order valence-electron chi connectivity index (χ1n) is 7.95. The first-order valence-corrected chi connectivity index (χ1v) is 7.95. The third kappa shape index (κ3) is 2.70. The van der Waals surface area contributed by atoms with Gasteiger partial charge in [-0.3, -0.25) is 9.59 Å². The van der Waals surface area contributed by atoms with Crippen molar-refractivity contribution in [2.45, 2.75) is 72.0 Å². The van der Waals surface area contributed by atoms with Gasteiger partial charge in [0.15, 0.2) is 0 Å². The summed E-state index contributed by atoms with van der Waals surface area (Å²) in [4.78, 5) is 26.8. The number of amides is 2. The third-order valence-electron chi connectivity index (χ3n) is 5.25. The summed E-state index contributed by atoms with van der Waals surface area (Å²) in [5, 5.41) is 2.87. The lowest BCUT2D eigenvalue weighted by Gasteiger charge is -2.46. The molecule has 4 nitrogen and oxygen atoms in total. The van der Waals surface area contributed by atoms with Gasteiger partial charge in [0, 0.05) is 6.04 Å². The van der Waals surface area contributed by atoms with Gasteiger partial charge < -0.3 is 10.2 Å². The molecular weight excluding hydrogens is 252 g/mol. The van der Waals surface area contributed by atoms with Gasteiger partial charge in [0.25, 0.3) is 0 Å². The first-order chi connectivity index (χ1) is 9.32. The Morgan fingerprint density at radius 3 is 2.30 bits per heavy atom. The van der Waals surface area contributed by atoms with Crippen LogP contribution in [0.4, 0.5) is 0 Å². The van der Waals surface area contributed by atoms with E-state index in [9.17, 15) is 9.59 Å². The summed E-state index contributed by atoms with van der Waals surface area (Å²) in [6, 6.07) is -0.451. The standard InChI is InChI=1S/C16H28N2O2/c1-9(2)14-16(20)18(12(5)15(19)17-14)13-7-6-10(3)11(4)8-13/h9-14H,6-8H2,1-5H3,(H,17,19). The number of hydrogen-bond donors (Lipinski definition) is 1. The minimum absolute atomic E-state index is 0.00502. The van der Waals surface area contributed by atoms with Crippen LogP contribution >= 0.6 is 0 Å². The normalized spacial score (nSPS) is 39.1. The highest BCUT2D eigenvalue weighted by atomic mass is 16.2. The monoisotopic (exact) mass is 280 g/mol. The van der Waals surface area contributed by atoms with Crippen molar-refractivity contribution < 1.29 is 9.59 Å². The second kappa shape index (κ2) is 5.74. The molecule has 2 aliphatic rings. The smallest absolute Gasteiger partial charge is 0.246 e. The predicted octanol–water partition coefficient (Wildman–Crippen LogP) is 2.18. The molecule has 0 aromatic rings. The maximum absolute atomic E-state index is 12.7. The van der Waals surface area contributed by atoms with E-state index in [2.05, 4.69) is 19.2 Å². The number of rotatable bonds is 2. The van der Waals surface area contributed by atoms with Gasteiger partial charge in [0.1, 0.15) is 12.1 Å². The molecule has 2 rings (SSSR count). The van der Waals surface area contributed by atoms with Crippen molar-refractivity contribution in [1.82, 2.24) is 10.2 Å². The number of carbonyl (C=O) groups excluding carboxylic acids is 2. The van der Waals surface area contributed by atoms with Crippen LogP contribution in [0, 0.1) is 17.8 Å². The van der Waals surface area contributed by atoms with Gasteiger partial charge in [-0.1, -0.05) is 27.7 Å². The van der Waals surface area contributed by atoms with Gasteiger partial charge in [-0.25, -0.2) is 0 Å². The summed E-state index contributed by atoms with van der Waals surface area (Å²) in [7, 11) is 0. The van der Waals surface area contributed by atoms with Crippen molar-refractivity contribution in [3.8, 4) is 0 Å². The SMILES string of the molecule is CC(C)C1NC(=O)C(C)N(C2CCC(C)C(C)C2)C1=O. The summed E-state index contributed by atoms with van der Waals surface area (Å²) >= 11 is 0. The molecule has 4 heteroatoms. The van der Waals surface area contributed by atoms with E-state index >= 15 is 0 Å². The van der Waals surface area contributed by atoms with Crippen molar-refractivity contribution in [3.63, 3.8) is 0 Å². The number of nitrogens with one attached hydrogen (secondary N) is 1. The average Bonchev–Trinajstić information content (AvgIpc) is 2.38. The fraction of sp³-hybridized carbons (Fsp3) is 0.875. The molecule has 0 bridgehead atoms. The second-order valence-electron chi connectivity index (χ2n) is 7.07. The van der Waals surface area contributed by atoms with Crippen molar-refractivity contribution in [3.05, 3.63) is 0 Å². The molecule has 1 saturated heterocycles. The zero-order valence-corrected chi connectivity index (χ0v) is 13.3. The molecule has 5 unspecified atom stereocenters. The Hall–Kier alpha value is -1.06. The van der Waals surface area contributed by atoms with E-state index in [1.165, 1.54) is 0 Å². The largest absolute Gasteiger partial charge is 0.342 e. The topological polar surface area (TPSA) is 49.4 Å². The summed E-state index contributed by atoms with van der Waals surface area (Å²) in [5.41, 5.74) is 0. The molecule has 1 saturated carbocycles. The molecule has 2 amide bonds. The van der Waals surface area contributed by atoms with Crippen LogP contribution in [0.2, 0.25) is 0 Å². The van der Waals surface area contributed by atoms with Crippen LogP contribution in [0.1, 0.15) is 53.9 Å². The van der Waals surface area contributed by atoms with E-state index in [4.69, 9.17) is 0 Å². The lowest BCUT2D eigenvalue weighted by atomic mass is 9.77. The fourth-order valence-electron chi connectivity index (χ4n) is 3.53. The molecule has 20 heavy (non-hydrogen) atoms. The van der Waals surface area contributed by atoms with E-state index < -0.39 is 0 Å². The number of nitrogens with zero attached hydrogens (tertiary/aromatic N) is 1. The van der Waals surface area contributed by atoms with Crippen LogP contribution in [0.15, 0.2) is 0 Å². The lowest BCUT2D eigenvalue weighted by molar-refractivity contribution is -0.154. The van der Waals surface area contributed by atoms with Gasteiger partial charge in [0.05, 0.1) is 0 Å². The Labute approximate surface area is 122 Å². The van der Waals surface area contributed by atoms with Crippen LogP contribution in [0.5, 0.6) is 0 Å². The molecule has 114 valence electrons. The van der Waals surface area contributed by atoms with E-state index in [1.54, 1.807) is 0 Å². The fourth-order valence-corrected chi connectivity index (χ4v) is 3.53. The van der Waals surface area contributed by atoms with Gasteiger partial charge in [-0.05, 0) is 43.9 Å². The van der Waals surface area contributed by atoms with Crippen molar-refractivity contribution in [2.24, 2.45) is 17.8 Å². The minimum atomic E-state index is -0.353. The van der Waals surface area contributed by atoms with Crippen molar-refractivity contribution in [1.29, 1.82) is 0 Å². The van der Waals surface area contributed by atoms with Gasteiger partial charge in [0.2, 0.25) is 11.8 Å². The maximum Gasteiger partial charge on any atom is 0.246 e. The molecule has 5 atom stereocenters. The van der Waals surface area contributed by atoms with E-state index in [-0.39, 0.29) is 35.9 Å². The average molecular weight is 280 g/mol. The Bertz CT molecular complexity index is 394. The van der Waals surface area contributed by atoms with E-state index in [0.29, 0.717) is 5.92 Å². The van der Waals surface area contributed by atoms with Gasteiger partial charge in [-0.15, -0.1) is 0 Å². The quantitative estimate of drug-likeness (QED) is 0.843. The van der Waals surface area contributed by atoms with Gasteiger partial charge >= 0.3 is 0 Å². The predicted molar refractivity (Wildman–Crippen MR) is 79.0 cm³/mol. The minimum Gasteiger partial charge on any atom is -0.342 e. The molecule has 1 aliphatic heterocycles. The number of hydrogen-bond acceptors (Lipinski definition) is 2. The molecule has 0 aromatic carbocycles. The highest BCUT2D eigenvalue weighted by molar-refractivity contribution is 5.97. The number of piperazine rings is 1. The van der Waals surface area contributed by atoms with Crippen LogP contribution in [-0.2, 0) is 9.59 Å². The third-order valence-corrected chi connectivity index (χ3v) is 5.25. The molecule has 1 heterocycles. The highest BCUT2D eigenvalue weighted by Gasteiger charge is 2.43. The Morgan fingerprint density at radius 1 is 1.10 bits per heavy atom. The van der Waals surface area contributed by atoms with Crippen LogP contribution < -0.4 is 5.32 Å². The second-order valence-corrected chi connectivity index (χ2v) is 7.07. The lowest BCUT2D eigenvalue weighted by Crippen LogP contribution is -2.66. The van der Waals surface area contributed by atoms with Crippen molar-refractivity contribution >= 4 is 11.8 Å². The Morgan fingerprint density at radius 2 is 1.75 bits per heavy atom. The molecule has 0 spiro atoms. The summed E-state index contributed by atoms with van der Waals surface area (Å²) in [6.07, 6.45) is 3.20. The van der Waals surface area contributed by atoms with E-state index in [1.807, 2.05) is 25.7 Å². The summed E-state index contributed by atoms with van der Waals surface area (Å²) < 4.78 is 0. The highest BCUT2D eigenvalue weighted by Crippen LogP contribution is 2.34. The van der Waals surface area contributed by atoms with Crippen LogP contribution in [0.3, 0.4) is 0 Å².